The summed E-state index contributed by atoms with van der Waals surface area (Å²) in [6.07, 6.45) is 5.67. The van der Waals surface area contributed by atoms with Gasteiger partial charge in [0.05, 0.1) is 0 Å². The van der Waals surface area contributed by atoms with Crippen molar-refractivity contribution in [3.05, 3.63) is 11.8 Å². The number of nitrogens with zero attached hydrogens (tertiary/aromatic N) is 2. The van der Waals surface area contributed by atoms with Crippen LogP contribution in [-0.4, -0.2) is 51.4 Å². The van der Waals surface area contributed by atoms with Gasteiger partial charge in [-0.1, -0.05) is 40.5 Å². The molecule has 1 saturated heterocycles. The number of hydrogen-bond acceptors (Lipinski definition) is 5. The van der Waals surface area contributed by atoms with E-state index in [-0.39, 0.29) is 29.3 Å². The van der Waals surface area contributed by atoms with Crippen LogP contribution >= 0.6 is 0 Å². The Bertz CT molecular complexity index is 764. The number of amides is 3. The van der Waals surface area contributed by atoms with Crippen LogP contribution in [0.25, 0.3) is 0 Å². The first-order valence-electron chi connectivity index (χ1n) is 10.9. The van der Waals surface area contributed by atoms with E-state index in [1.807, 2.05) is 6.92 Å². The van der Waals surface area contributed by atoms with E-state index < -0.39 is 29.2 Å². The molecule has 1 aliphatic carbocycles. The van der Waals surface area contributed by atoms with Crippen molar-refractivity contribution in [2.24, 2.45) is 27.5 Å². The molecular formula is C22H36N4O5. The molecule has 1 spiro atoms. The number of amidine groups is 1. The summed E-state index contributed by atoms with van der Waals surface area (Å²) in [5.74, 6) is -2.11. The highest BCUT2D eigenvalue weighted by Crippen LogP contribution is 2.55. The molecular weight excluding hydrogens is 400 g/mol. The molecule has 1 saturated carbocycles. The summed E-state index contributed by atoms with van der Waals surface area (Å²) in [4.78, 5) is 43.5. The smallest absolute Gasteiger partial charge is 0.270 e. The molecule has 2 atom stereocenters. The Hall–Kier alpha value is -2.42. The molecule has 5 N–H and O–H groups in total. The van der Waals surface area contributed by atoms with Crippen LogP contribution in [0.3, 0.4) is 0 Å². The molecule has 1 heterocycles. The van der Waals surface area contributed by atoms with Crippen molar-refractivity contribution in [1.82, 2.24) is 10.4 Å². The lowest BCUT2D eigenvalue weighted by Gasteiger charge is -2.27. The summed E-state index contributed by atoms with van der Waals surface area (Å²) in [5.41, 5.74) is 6.87. The minimum Gasteiger partial charge on any atom is -0.512 e. The summed E-state index contributed by atoms with van der Waals surface area (Å²) in [5, 5.41) is 19.0. The van der Waals surface area contributed by atoms with Crippen LogP contribution in [-0.2, 0) is 14.4 Å². The molecule has 2 aliphatic rings. The topological polar surface area (TPSA) is 145 Å². The minimum atomic E-state index is -0.736. The van der Waals surface area contributed by atoms with E-state index in [9.17, 15) is 19.5 Å². The van der Waals surface area contributed by atoms with Crippen molar-refractivity contribution >= 4 is 23.6 Å². The van der Waals surface area contributed by atoms with Crippen molar-refractivity contribution in [2.45, 2.75) is 78.7 Å². The first-order valence-corrected chi connectivity index (χ1v) is 10.9. The van der Waals surface area contributed by atoms with Crippen LogP contribution < -0.4 is 11.2 Å². The molecule has 2 rings (SSSR count). The lowest BCUT2D eigenvalue weighted by Crippen LogP contribution is -2.44. The molecule has 1 aliphatic heterocycles. The second-order valence-electron chi connectivity index (χ2n) is 9.92. The quantitative estimate of drug-likeness (QED) is 0.151. The number of aliphatic hydroxyl groups is 1. The monoisotopic (exact) mass is 436 g/mol. The molecule has 0 radical (unpaired) electrons. The van der Waals surface area contributed by atoms with E-state index in [2.05, 4.69) is 4.99 Å². The normalized spacial score (nSPS) is 21.8. The Morgan fingerprint density at radius 3 is 2.48 bits per heavy atom. The van der Waals surface area contributed by atoms with Crippen molar-refractivity contribution < 1.29 is 24.7 Å². The van der Waals surface area contributed by atoms with Crippen molar-refractivity contribution in [3.63, 3.8) is 0 Å². The van der Waals surface area contributed by atoms with Crippen LogP contribution in [0, 0.1) is 16.7 Å². The van der Waals surface area contributed by atoms with E-state index in [1.54, 1.807) is 31.2 Å². The summed E-state index contributed by atoms with van der Waals surface area (Å²) < 4.78 is 0. The standard InChI is InChI=1S/C22H36N4O5/c1-5-6-7-14(10-18(28)25-31)20(30)26-13-22(8-9-22)12-15(26)19(29)24-17(23)11-16(27)21(2,3)4/h11,14-15,27,31H,5-10,12-13H2,1-4H3,(H,25,28)(H2,23,24,29)/b16-11-/t14-,15+/m1/s1. The average Bonchev–Trinajstić information content (AvgIpc) is 3.33. The van der Waals surface area contributed by atoms with Crippen LogP contribution in [0.4, 0.5) is 0 Å². The molecule has 0 bridgehead atoms. The van der Waals surface area contributed by atoms with Gasteiger partial charge in [0.2, 0.25) is 11.8 Å². The summed E-state index contributed by atoms with van der Waals surface area (Å²) >= 11 is 0. The van der Waals surface area contributed by atoms with Gasteiger partial charge in [-0.3, -0.25) is 19.6 Å². The van der Waals surface area contributed by atoms with Crippen LogP contribution in [0.1, 0.15) is 72.6 Å². The van der Waals surface area contributed by atoms with Crippen molar-refractivity contribution in [2.75, 3.05) is 6.54 Å². The predicted octanol–water partition coefficient (Wildman–Crippen LogP) is 2.44. The number of hydrogen-bond donors (Lipinski definition) is 4. The summed E-state index contributed by atoms with van der Waals surface area (Å²) in [6, 6.07) is -0.736. The lowest BCUT2D eigenvalue weighted by molar-refractivity contribution is -0.143. The maximum absolute atomic E-state index is 13.3. The number of unbranched alkanes of at least 4 members (excludes halogenated alkanes) is 1. The zero-order valence-electron chi connectivity index (χ0n) is 19.0. The summed E-state index contributed by atoms with van der Waals surface area (Å²) in [6.45, 7) is 7.88. The maximum Gasteiger partial charge on any atom is 0.270 e. The SMILES string of the molecule is CCCC[C@H](CC(=O)NO)C(=O)N1CC2(CC2)C[C@H]1C(=O)N=C(N)/C=C(\O)C(C)(C)C. The summed E-state index contributed by atoms with van der Waals surface area (Å²) in [7, 11) is 0. The molecule has 2 fully saturated rings. The molecule has 0 unspecified atom stereocenters. The third kappa shape index (κ3) is 6.53. The molecule has 174 valence electrons. The van der Waals surface area contributed by atoms with Gasteiger partial charge < -0.3 is 15.7 Å². The van der Waals surface area contributed by atoms with E-state index >= 15 is 0 Å². The molecule has 9 nitrogen and oxygen atoms in total. The number of hydroxylamine groups is 1. The van der Waals surface area contributed by atoms with Gasteiger partial charge >= 0.3 is 0 Å². The fourth-order valence-electron chi connectivity index (χ4n) is 3.91. The van der Waals surface area contributed by atoms with Crippen molar-refractivity contribution in [1.29, 1.82) is 0 Å². The first-order chi connectivity index (χ1) is 14.4. The third-order valence-corrected chi connectivity index (χ3v) is 6.14. The number of rotatable bonds is 8. The highest BCUT2D eigenvalue weighted by molar-refractivity contribution is 6.03. The van der Waals surface area contributed by atoms with E-state index in [1.165, 1.54) is 6.08 Å². The molecule has 31 heavy (non-hydrogen) atoms. The number of nitrogens with two attached hydrogens (primary N) is 1. The van der Waals surface area contributed by atoms with Crippen molar-refractivity contribution in [3.8, 4) is 0 Å². The minimum absolute atomic E-state index is 0.00853. The predicted molar refractivity (Wildman–Crippen MR) is 116 cm³/mol. The van der Waals surface area contributed by atoms with Crippen LogP contribution in [0.2, 0.25) is 0 Å². The fraction of sp³-hybridized carbons (Fsp3) is 0.727. The largest absolute Gasteiger partial charge is 0.512 e. The number of aliphatic imine (C=N–C) groups is 1. The highest BCUT2D eigenvalue weighted by Gasteiger charge is 2.55. The number of allylic oxidation sites excluding steroid dienone is 1. The number of likely N-dealkylation sites (tertiary alicyclic amines) is 1. The zero-order chi connectivity index (χ0) is 23.4. The van der Waals surface area contributed by atoms with Gasteiger partial charge in [-0.05, 0) is 31.1 Å². The van der Waals surface area contributed by atoms with Gasteiger partial charge in [0.1, 0.15) is 17.6 Å². The Labute approximate surface area is 183 Å². The molecule has 0 aromatic rings. The molecule has 0 aromatic carbocycles. The number of carbonyl (C=O) groups excluding carboxylic acids is 3. The molecule has 3 amide bonds. The Kier molecular flexibility index (Phi) is 7.86. The van der Waals surface area contributed by atoms with Gasteiger partial charge in [-0.25, -0.2) is 5.48 Å². The first kappa shape index (κ1) is 24.8. The Balaban J connectivity index is 2.23. The molecule has 0 aromatic heterocycles. The van der Waals surface area contributed by atoms with Gasteiger partial charge in [-0.2, -0.15) is 4.99 Å². The van der Waals surface area contributed by atoms with E-state index in [4.69, 9.17) is 10.9 Å². The molecule has 9 heteroatoms. The van der Waals surface area contributed by atoms with Gasteiger partial charge in [0, 0.05) is 30.4 Å². The van der Waals surface area contributed by atoms with E-state index in [0.29, 0.717) is 19.4 Å². The second kappa shape index (κ2) is 9.80. The highest BCUT2D eigenvalue weighted by atomic mass is 16.5. The third-order valence-electron chi connectivity index (χ3n) is 6.14. The Morgan fingerprint density at radius 2 is 1.97 bits per heavy atom. The Morgan fingerprint density at radius 1 is 1.32 bits per heavy atom. The lowest BCUT2D eigenvalue weighted by atomic mass is 9.93. The van der Waals surface area contributed by atoms with Gasteiger partial charge in [-0.15, -0.1) is 0 Å². The number of aliphatic hydroxyl groups excluding tert-OH is 1. The number of carbonyl (C=O) groups is 3. The van der Waals surface area contributed by atoms with E-state index in [0.717, 1.165) is 25.7 Å². The zero-order valence-corrected chi connectivity index (χ0v) is 19.0. The van der Waals surface area contributed by atoms with Gasteiger partial charge in [0.15, 0.2) is 0 Å². The van der Waals surface area contributed by atoms with Gasteiger partial charge in [0.25, 0.3) is 5.91 Å². The van der Waals surface area contributed by atoms with Crippen LogP contribution in [0.5, 0.6) is 0 Å². The second-order valence-corrected chi connectivity index (χ2v) is 9.92. The fourth-order valence-corrected chi connectivity index (χ4v) is 3.91. The number of nitrogens with one attached hydrogen (secondary N) is 1. The van der Waals surface area contributed by atoms with Crippen LogP contribution in [0.15, 0.2) is 16.8 Å². The average molecular weight is 437 g/mol. The maximum atomic E-state index is 13.3.